The van der Waals surface area contributed by atoms with Gasteiger partial charge in [-0.1, -0.05) is 13.8 Å². The van der Waals surface area contributed by atoms with Gasteiger partial charge in [0.15, 0.2) is 0 Å². The molecule has 0 saturated heterocycles. The van der Waals surface area contributed by atoms with Crippen molar-refractivity contribution in [3.63, 3.8) is 0 Å². The Morgan fingerprint density at radius 1 is 1.31 bits per heavy atom. The van der Waals surface area contributed by atoms with Crippen molar-refractivity contribution in [3.8, 4) is 0 Å². The molecule has 1 rings (SSSR count). The lowest BCUT2D eigenvalue weighted by Crippen LogP contribution is -2.21. The van der Waals surface area contributed by atoms with Crippen molar-refractivity contribution in [2.24, 2.45) is 5.92 Å². The van der Waals surface area contributed by atoms with E-state index in [1.54, 1.807) is 0 Å². The van der Waals surface area contributed by atoms with Crippen LogP contribution in [0.5, 0.6) is 0 Å². The van der Waals surface area contributed by atoms with Gasteiger partial charge in [-0.05, 0) is 31.9 Å². The Balaban J connectivity index is 2.64. The van der Waals surface area contributed by atoms with E-state index in [-0.39, 0.29) is 0 Å². The van der Waals surface area contributed by atoms with E-state index in [0.717, 1.165) is 11.4 Å². The maximum Gasteiger partial charge on any atom is 0.0393 e. The van der Waals surface area contributed by atoms with Gasteiger partial charge in [0.25, 0.3) is 0 Å². The van der Waals surface area contributed by atoms with Gasteiger partial charge in [-0.15, -0.1) is 0 Å². The molecule has 0 spiro atoms. The average molecular weight is 178 g/mol. The Bertz CT molecular complexity index is 269. The third-order valence-electron chi connectivity index (χ3n) is 2.29. The van der Waals surface area contributed by atoms with E-state index >= 15 is 0 Å². The molecule has 1 unspecified atom stereocenters. The molecule has 0 fully saturated rings. The third kappa shape index (κ3) is 3.05. The van der Waals surface area contributed by atoms with E-state index in [1.807, 2.05) is 19.2 Å². The molecule has 0 radical (unpaired) electrons. The topological polar surface area (TPSA) is 24.9 Å². The summed E-state index contributed by atoms with van der Waals surface area (Å²) in [5.74, 6) is 0.647. The van der Waals surface area contributed by atoms with Gasteiger partial charge >= 0.3 is 0 Å². The number of aryl methyl sites for hydroxylation is 1. The van der Waals surface area contributed by atoms with Crippen LogP contribution in [0.25, 0.3) is 0 Å². The number of aromatic nitrogens is 1. The quantitative estimate of drug-likeness (QED) is 0.769. The zero-order valence-electron chi connectivity index (χ0n) is 8.83. The Labute approximate surface area is 80.4 Å². The van der Waals surface area contributed by atoms with Crippen molar-refractivity contribution < 1.29 is 0 Å². The highest BCUT2D eigenvalue weighted by atomic mass is 14.9. The van der Waals surface area contributed by atoms with Gasteiger partial charge in [0, 0.05) is 23.6 Å². The highest BCUT2D eigenvalue weighted by molar-refractivity contribution is 5.43. The van der Waals surface area contributed by atoms with Crippen LogP contribution < -0.4 is 5.32 Å². The fourth-order valence-electron chi connectivity index (χ4n) is 1.06. The zero-order chi connectivity index (χ0) is 9.84. The molecule has 2 heteroatoms. The molecule has 1 heterocycles. The normalized spacial score (nSPS) is 13.0. The summed E-state index contributed by atoms with van der Waals surface area (Å²) >= 11 is 0. The smallest absolute Gasteiger partial charge is 0.0393 e. The molecule has 13 heavy (non-hydrogen) atoms. The fourth-order valence-corrected chi connectivity index (χ4v) is 1.06. The lowest BCUT2D eigenvalue weighted by atomic mass is 10.1. The van der Waals surface area contributed by atoms with E-state index in [0.29, 0.717) is 12.0 Å². The molecule has 0 saturated carbocycles. The van der Waals surface area contributed by atoms with Gasteiger partial charge in [-0.2, -0.15) is 0 Å². The summed E-state index contributed by atoms with van der Waals surface area (Å²) in [6, 6.07) is 4.58. The van der Waals surface area contributed by atoms with Crippen molar-refractivity contribution in [2.75, 3.05) is 5.32 Å². The summed E-state index contributed by atoms with van der Waals surface area (Å²) in [6.45, 7) is 8.63. The van der Waals surface area contributed by atoms with Crippen LogP contribution in [0.15, 0.2) is 18.3 Å². The molecule has 0 aliphatic heterocycles. The molecule has 0 amide bonds. The lowest BCUT2D eigenvalue weighted by Gasteiger charge is -2.18. The summed E-state index contributed by atoms with van der Waals surface area (Å²) in [7, 11) is 0. The largest absolute Gasteiger partial charge is 0.382 e. The second-order valence-electron chi connectivity index (χ2n) is 3.86. The Kier molecular flexibility index (Phi) is 3.29. The van der Waals surface area contributed by atoms with Gasteiger partial charge in [0.05, 0.1) is 0 Å². The number of hydrogen-bond acceptors (Lipinski definition) is 2. The predicted octanol–water partition coefficient (Wildman–Crippen LogP) is 2.85. The van der Waals surface area contributed by atoms with Crippen LogP contribution in [0.4, 0.5) is 5.69 Å². The molecule has 1 aromatic rings. The summed E-state index contributed by atoms with van der Waals surface area (Å²) in [5, 5.41) is 3.44. The first-order valence-electron chi connectivity index (χ1n) is 4.79. The van der Waals surface area contributed by atoms with Crippen molar-refractivity contribution in [1.82, 2.24) is 4.98 Å². The average Bonchev–Trinajstić information content (AvgIpc) is 2.04. The molecule has 1 atom stereocenters. The number of anilines is 1. The predicted molar refractivity (Wildman–Crippen MR) is 56.9 cm³/mol. The van der Waals surface area contributed by atoms with Crippen molar-refractivity contribution >= 4 is 5.69 Å². The van der Waals surface area contributed by atoms with Crippen LogP contribution in [0.1, 0.15) is 26.5 Å². The highest BCUT2D eigenvalue weighted by Crippen LogP contribution is 2.12. The zero-order valence-corrected chi connectivity index (χ0v) is 8.83. The van der Waals surface area contributed by atoms with Gasteiger partial charge < -0.3 is 5.32 Å². The maximum atomic E-state index is 4.15. The number of pyridine rings is 1. The molecule has 0 aliphatic rings. The van der Waals surface area contributed by atoms with Crippen LogP contribution in [0.3, 0.4) is 0 Å². The van der Waals surface area contributed by atoms with Crippen LogP contribution >= 0.6 is 0 Å². The standard InChI is InChI=1S/C11H18N2/c1-8(2)10(4)13-11-5-6-12-9(3)7-11/h5-8,10H,1-4H3,(H,12,13). The van der Waals surface area contributed by atoms with Crippen molar-refractivity contribution in [2.45, 2.75) is 33.7 Å². The highest BCUT2D eigenvalue weighted by Gasteiger charge is 2.05. The second-order valence-corrected chi connectivity index (χ2v) is 3.86. The van der Waals surface area contributed by atoms with Gasteiger partial charge in [0.2, 0.25) is 0 Å². The summed E-state index contributed by atoms with van der Waals surface area (Å²) < 4.78 is 0. The SMILES string of the molecule is Cc1cc(NC(C)C(C)C)ccn1. The summed E-state index contributed by atoms with van der Waals surface area (Å²) in [6.07, 6.45) is 1.84. The monoisotopic (exact) mass is 178 g/mol. The Morgan fingerprint density at radius 2 is 2.00 bits per heavy atom. The molecular formula is C11H18N2. The van der Waals surface area contributed by atoms with Crippen LogP contribution in [-0.4, -0.2) is 11.0 Å². The number of hydrogen-bond donors (Lipinski definition) is 1. The van der Waals surface area contributed by atoms with Crippen molar-refractivity contribution in [1.29, 1.82) is 0 Å². The van der Waals surface area contributed by atoms with Crippen molar-refractivity contribution in [3.05, 3.63) is 24.0 Å². The molecule has 1 N–H and O–H groups in total. The summed E-state index contributed by atoms with van der Waals surface area (Å²) in [4.78, 5) is 4.15. The minimum absolute atomic E-state index is 0.502. The number of rotatable bonds is 3. The molecule has 0 aromatic carbocycles. The van der Waals surface area contributed by atoms with Crippen LogP contribution in [0, 0.1) is 12.8 Å². The van der Waals surface area contributed by atoms with Gasteiger partial charge in [-0.3, -0.25) is 4.98 Å². The van der Waals surface area contributed by atoms with Crippen LogP contribution in [0.2, 0.25) is 0 Å². The molecular weight excluding hydrogens is 160 g/mol. The van der Waals surface area contributed by atoms with E-state index in [2.05, 4.69) is 37.1 Å². The first kappa shape index (κ1) is 10.0. The van der Waals surface area contributed by atoms with E-state index in [9.17, 15) is 0 Å². The first-order chi connectivity index (χ1) is 6.09. The maximum absolute atomic E-state index is 4.15. The minimum atomic E-state index is 0.502. The first-order valence-corrected chi connectivity index (χ1v) is 4.79. The Hall–Kier alpha value is -1.05. The second kappa shape index (κ2) is 4.26. The molecule has 0 aliphatic carbocycles. The van der Waals surface area contributed by atoms with E-state index in [1.165, 1.54) is 0 Å². The lowest BCUT2D eigenvalue weighted by molar-refractivity contribution is 0.560. The van der Waals surface area contributed by atoms with Crippen LogP contribution in [-0.2, 0) is 0 Å². The molecule has 0 bridgehead atoms. The number of nitrogens with one attached hydrogen (secondary N) is 1. The molecule has 72 valence electrons. The fraction of sp³-hybridized carbons (Fsp3) is 0.545. The van der Waals surface area contributed by atoms with E-state index in [4.69, 9.17) is 0 Å². The van der Waals surface area contributed by atoms with Gasteiger partial charge in [0.1, 0.15) is 0 Å². The Morgan fingerprint density at radius 3 is 2.54 bits per heavy atom. The number of nitrogens with zero attached hydrogens (tertiary/aromatic N) is 1. The van der Waals surface area contributed by atoms with Gasteiger partial charge in [-0.25, -0.2) is 0 Å². The molecule has 1 aromatic heterocycles. The van der Waals surface area contributed by atoms with E-state index < -0.39 is 0 Å². The third-order valence-corrected chi connectivity index (χ3v) is 2.29. The minimum Gasteiger partial charge on any atom is -0.382 e. The summed E-state index contributed by atoms with van der Waals surface area (Å²) in [5.41, 5.74) is 2.22. The molecule has 2 nitrogen and oxygen atoms in total.